The van der Waals surface area contributed by atoms with E-state index in [4.69, 9.17) is 19.9 Å². The molecule has 202 valence electrons. The maximum Gasteiger partial charge on any atom is 0.325 e. The van der Waals surface area contributed by atoms with Crippen molar-refractivity contribution in [1.82, 2.24) is 4.90 Å². The van der Waals surface area contributed by atoms with E-state index >= 15 is 0 Å². The van der Waals surface area contributed by atoms with E-state index in [1.54, 1.807) is 13.0 Å². The van der Waals surface area contributed by atoms with E-state index in [-0.39, 0.29) is 12.2 Å². The number of carbonyl (C=O) groups excluding carboxylic acids is 1. The van der Waals surface area contributed by atoms with Crippen molar-refractivity contribution < 1.29 is 34.3 Å². The molecule has 0 spiro atoms. The van der Waals surface area contributed by atoms with Crippen LogP contribution in [0.1, 0.15) is 60.2 Å². The Morgan fingerprint density at radius 3 is 2.79 bits per heavy atom. The largest absolute Gasteiger partial charge is 0.507 e. The zero-order chi connectivity index (χ0) is 26.7. The van der Waals surface area contributed by atoms with E-state index < -0.39 is 42.8 Å². The lowest BCUT2D eigenvalue weighted by atomic mass is 9.79. The molecule has 0 radical (unpaired) electrons. The predicted molar refractivity (Wildman–Crippen MR) is 138 cm³/mol. The number of phenolic OH excluding ortho intramolecular Hbond substituents is 1. The van der Waals surface area contributed by atoms with Crippen LogP contribution in [0.2, 0.25) is 0 Å². The van der Waals surface area contributed by atoms with Gasteiger partial charge in [0.05, 0.1) is 12.2 Å². The van der Waals surface area contributed by atoms with Gasteiger partial charge in [-0.15, -0.1) is 0 Å². The summed E-state index contributed by atoms with van der Waals surface area (Å²) in [6, 6.07) is 8.92. The number of allylic oxidation sites excluding steroid dienone is 2. The normalized spacial score (nSPS) is 30.8. The number of fused-ring (bicyclic) bond motifs is 6. The summed E-state index contributed by atoms with van der Waals surface area (Å²) in [5.41, 5.74) is 12.5. The lowest BCUT2D eigenvalue weighted by Gasteiger charge is -2.44. The highest BCUT2D eigenvalue weighted by molar-refractivity contribution is 5.82. The quantitative estimate of drug-likeness (QED) is 0.439. The molecule has 2 aromatic carbocycles. The van der Waals surface area contributed by atoms with Crippen LogP contribution in [0.4, 0.5) is 0 Å². The molecule has 9 nitrogen and oxygen atoms in total. The molecule has 2 fully saturated rings. The first kappa shape index (κ1) is 25.2. The van der Waals surface area contributed by atoms with Gasteiger partial charge in [-0.25, -0.2) is 0 Å². The van der Waals surface area contributed by atoms with Crippen LogP contribution in [0.5, 0.6) is 11.5 Å². The van der Waals surface area contributed by atoms with Gasteiger partial charge in [-0.2, -0.15) is 0 Å². The Hall–Kier alpha value is -3.11. The third kappa shape index (κ3) is 4.23. The van der Waals surface area contributed by atoms with Gasteiger partial charge in [0.15, 0.2) is 0 Å². The number of aromatic hydroxyl groups is 1. The lowest BCUT2D eigenvalue weighted by Crippen LogP contribution is -2.48. The minimum absolute atomic E-state index is 0.161. The van der Waals surface area contributed by atoms with Gasteiger partial charge in [-0.05, 0) is 61.6 Å². The summed E-state index contributed by atoms with van der Waals surface area (Å²) in [6.45, 7) is 4.28. The van der Waals surface area contributed by atoms with Crippen molar-refractivity contribution in [2.45, 2.75) is 82.8 Å². The van der Waals surface area contributed by atoms with Crippen LogP contribution < -0.4 is 10.5 Å². The monoisotopic (exact) mass is 522 g/mol. The summed E-state index contributed by atoms with van der Waals surface area (Å²) in [5, 5.41) is 31.4. The van der Waals surface area contributed by atoms with Crippen molar-refractivity contribution >= 4 is 11.5 Å². The molecule has 1 unspecified atom stereocenters. The molecule has 0 bridgehead atoms. The summed E-state index contributed by atoms with van der Waals surface area (Å²) < 4.78 is 18.1. The number of nitrogens with zero attached hydrogens (tertiary/aromatic N) is 1. The van der Waals surface area contributed by atoms with Crippen LogP contribution in [0.3, 0.4) is 0 Å². The maximum absolute atomic E-state index is 12.8. The fourth-order valence-corrected chi connectivity index (χ4v) is 6.21. The smallest absolute Gasteiger partial charge is 0.325 e. The molecule has 3 aliphatic heterocycles. The topological polar surface area (TPSA) is 135 Å². The number of hydrogen-bond donors (Lipinski definition) is 4. The molecule has 2 aromatic rings. The molecule has 3 heterocycles. The first-order valence-corrected chi connectivity index (χ1v) is 13.3. The van der Waals surface area contributed by atoms with Gasteiger partial charge in [0.1, 0.15) is 23.6 Å². The third-order valence-corrected chi connectivity index (χ3v) is 8.16. The molecule has 1 aliphatic carbocycles. The molecule has 2 saturated heterocycles. The van der Waals surface area contributed by atoms with Crippen molar-refractivity contribution in [3.8, 4) is 11.5 Å². The average Bonchev–Trinajstić information content (AvgIpc) is 2.86. The van der Waals surface area contributed by atoms with Crippen molar-refractivity contribution in [3.63, 3.8) is 0 Å². The number of esters is 1. The van der Waals surface area contributed by atoms with Crippen LogP contribution in [0.25, 0.3) is 5.57 Å². The Kier molecular flexibility index (Phi) is 6.34. The molecule has 9 heteroatoms. The Bertz CT molecular complexity index is 1300. The van der Waals surface area contributed by atoms with Gasteiger partial charge in [-0.3, -0.25) is 4.79 Å². The predicted octanol–water partition coefficient (Wildman–Crippen LogP) is 2.42. The number of aliphatic hydroxyl groups excluding tert-OH is 2. The molecule has 0 aromatic heterocycles. The number of hydrogen-bond acceptors (Lipinski definition) is 9. The van der Waals surface area contributed by atoms with E-state index in [9.17, 15) is 20.1 Å². The molecule has 5 N–H and O–H groups in total. The van der Waals surface area contributed by atoms with Crippen LogP contribution >= 0.6 is 0 Å². The lowest BCUT2D eigenvalue weighted by molar-refractivity contribution is -0.216. The Morgan fingerprint density at radius 2 is 2.00 bits per heavy atom. The number of rotatable bonds is 2. The average molecular weight is 523 g/mol. The molecule has 0 amide bonds. The fourth-order valence-electron chi connectivity index (χ4n) is 6.21. The van der Waals surface area contributed by atoms with Crippen LogP contribution in [-0.2, 0) is 27.1 Å². The van der Waals surface area contributed by atoms with Gasteiger partial charge in [0.2, 0.25) is 12.5 Å². The van der Waals surface area contributed by atoms with Gasteiger partial charge >= 0.3 is 5.97 Å². The second-order valence-corrected chi connectivity index (χ2v) is 10.8. The highest BCUT2D eigenvalue weighted by atomic mass is 16.7. The van der Waals surface area contributed by atoms with E-state index in [2.05, 4.69) is 11.0 Å². The van der Waals surface area contributed by atoms with Crippen LogP contribution in [-0.4, -0.2) is 63.4 Å². The summed E-state index contributed by atoms with van der Waals surface area (Å²) in [4.78, 5) is 14.9. The molecule has 4 aliphatic rings. The second kappa shape index (κ2) is 9.57. The van der Waals surface area contributed by atoms with Gasteiger partial charge in [0.25, 0.3) is 0 Å². The fraction of sp³-hybridized carbons (Fsp3) is 0.483. The highest BCUT2D eigenvalue weighted by Gasteiger charge is 2.41. The number of carbonyl (C=O) groups is 1. The summed E-state index contributed by atoms with van der Waals surface area (Å²) in [7, 11) is 0. The maximum atomic E-state index is 12.8. The number of benzene rings is 2. The van der Waals surface area contributed by atoms with Gasteiger partial charge in [-0.1, -0.05) is 12.1 Å². The Morgan fingerprint density at radius 1 is 1.18 bits per heavy atom. The standard InChI is InChI=1S/C29H34N2O7/c1-14-9-19-26(22(32)10-14)18-11-16-5-3-7-24(37-25-13-23(33)27(34)15(2)36-25)17(16)12-21(18)31-8-4-6-20(30)29(35)38-28(19)31/h3,5,7,9-10,15,20,23,25,27-28,32-34H,4,6,8,11-13,30H2,1-2H3/t15-,20-,23+,25-,27-,28?/m0/s1. The minimum atomic E-state index is -0.953. The summed E-state index contributed by atoms with van der Waals surface area (Å²) in [6.07, 6.45) is -1.29. The molecule has 38 heavy (non-hydrogen) atoms. The highest BCUT2D eigenvalue weighted by Crippen LogP contribution is 2.50. The summed E-state index contributed by atoms with van der Waals surface area (Å²) >= 11 is 0. The third-order valence-electron chi connectivity index (χ3n) is 8.16. The van der Waals surface area contributed by atoms with E-state index in [0.29, 0.717) is 37.1 Å². The zero-order valence-electron chi connectivity index (χ0n) is 21.6. The number of aliphatic hydroxyl groups is 2. The minimum Gasteiger partial charge on any atom is -0.507 e. The van der Waals surface area contributed by atoms with Crippen LogP contribution in [0, 0.1) is 6.92 Å². The van der Waals surface area contributed by atoms with Crippen molar-refractivity contribution in [2.75, 3.05) is 6.54 Å². The Labute approximate surface area is 221 Å². The van der Waals surface area contributed by atoms with Crippen molar-refractivity contribution in [2.24, 2.45) is 5.73 Å². The Balaban J connectivity index is 1.40. The van der Waals surface area contributed by atoms with E-state index in [1.165, 1.54) is 0 Å². The summed E-state index contributed by atoms with van der Waals surface area (Å²) in [5.74, 6) is 0.374. The van der Waals surface area contributed by atoms with Crippen molar-refractivity contribution in [3.05, 3.63) is 63.8 Å². The number of aryl methyl sites for hydroxylation is 1. The number of ether oxygens (including phenoxy) is 3. The number of phenols is 1. The molecular weight excluding hydrogens is 488 g/mol. The SMILES string of the molecule is Cc1cc(O)c2c(c1)C1OC(=O)[C@@H](N)CCCN1C1=C2Cc2cccc(O[C@H]3C[C@@H](O)[C@@H](O)[C@H](C)O3)c2C1. The first-order valence-electron chi connectivity index (χ1n) is 13.3. The molecule has 6 atom stereocenters. The van der Waals surface area contributed by atoms with Gasteiger partial charge in [0, 0.05) is 48.2 Å². The molecule has 6 rings (SSSR count). The molecular formula is C29H34N2O7. The zero-order valence-corrected chi connectivity index (χ0v) is 21.6. The first-order chi connectivity index (χ1) is 18.2. The van der Waals surface area contributed by atoms with Gasteiger partial charge < -0.3 is 40.2 Å². The van der Waals surface area contributed by atoms with Crippen molar-refractivity contribution in [1.29, 1.82) is 0 Å². The molecule has 0 saturated carbocycles. The second-order valence-electron chi connectivity index (χ2n) is 10.8. The number of nitrogens with two attached hydrogens (primary N) is 1. The van der Waals surface area contributed by atoms with E-state index in [0.717, 1.165) is 39.9 Å². The van der Waals surface area contributed by atoms with Crippen LogP contribution in [0.15, 0.2) is 36.0 Å². The van der Waals surface area contributed by atoms with E-state index in [1.807, 2.05) is 25.1 Å².